The van der Waals surface area contributed by atoms with E-state index in [2.05, 4.69) is 10.8 Å². The first-order valence-electron chi connectivity index (χ1n) is 14.3. The van der Waals surface area contributed by atoms with Crippen molar-refractivity contribution in [2.45, 2.75) is 44.0 Å². The van der Waals surface area contributed by atoms with E-state index in [4.69, 9.17) is 14.2 Å². The summed E-state index contributed by atoms with van der Waals surface area (Å²) in [5, 5.41) is 11.0. The van der Waals surface area contributed by atoms with Gasteiger partial charge in [-0.25, -0.2) is 17.9 Å². The second kappa shape index (κ2) is 13.3. The highest BCUT2D eigenvalue weighted by Gasteiger charge is 2.27. The summed E-state index contributed by atoms with van der Waals surface area (Å²) in [5.74, 6) is 0.429. The molecule has 1 N–H and O–H groups in total. The molecule has 4 aromatic carbocycles. The van der Waals surface area contributed by atoms with Gasteiger partial charge in [0, 0.05) is 12.1 Å². The van der Waals surface area contributed by atoms with E-state index in [0.717, 1.165) is 41.2 Å². The summed E-state index contributed by atoms with van der Waals surface area (Å²) in [6.07, 6.45) is 1.67. The van der Waals surface area contributed by atoms with Crippen LogP contribution in [0.5, 0.6) is 11.5 Å². The highest BCUT2D eigenvalue weighted by molar-refractivity contribution is 7.88. The minimum absolute atomic E-state index is 0.0385. The molecule has 0 bridgehead atoms. The van der Waals surface area contributed by atoms with E-state index in [0.29, 0.717) is 28.2 Å². The second-order valence-corrected chi connectivity index (χ2v) is 12.4. The van der Waals surface area contributed by atoms with Gasteiger partial charge in [0.2, 0.25) is 16.1 Å². The Kier molecular flexibility index (Phi) is 9.29. The normalized spacial score (nSPS) is 15.2. The average molecular weight is 599 g/mol. The molecule has 0 aliphatic heterocycles. The van der Waals surface area contributed by atoms with Gasteiger partial charge in [-0.15, -0.1) is 0 Å². The van der Waals surface area contributed by atoms with E-state index in [1.54, 1.807) is 50.4 Å². The number of nitriles is 1. The summed E-state index contributed by atoms with van der Waals surface area (Å²) in [4.78, 5) is 13.1. The van der Waals surface area contributed by atoms with Crippen LogP contribution >= 0.6 is 0 Å². The molecule has 0 spiro atoms. The summed E-state index contributed by atoms with van der Waals surface area (Å²) >= 11 is 0. The molecule has 5 rings (SSSR count). The monoisotopic (exact) mass is 598 g/mol. The average Bonchev–Trinajstić information content (AvgIpc) is 3.02. The maximum Gasteiger partial charge on any atom is 0.352 e. The van der Waals surface area contributed by atoms with E-state index >= 15 is 0 Å². The third-order valence-corrected chi connectivity index (χ3v) is 8.97. The Labute approximate surface area is 252 Å². The smallest absolute Gasteiger partial charge is 0.352 e. The Hall–Kier alpha value is -4.39. The number of hydrogen-bond donors (Lipinski definition) is 1. The standard InChI is InChI=1S/C34H34N2O6S/c1-3-41-34(37)33(28-13-12-26-16-23(20-35)10-11-27(26)18-28)42-31-15-14-25-7-5-8-29(32(25)19-31)21-36-43(38,39)22-24-6-4-9-30(17-24)40-2/h4,6,9-19,29,33,36H,3,5,7-8,21-22H2,1-2H3. The lowest BCUT2D eigenvalue weighted by Gasteiger charge is -2.27. The van der Waals surface area contributed by atoms with Gasteiger partial charge in [-0.1, -0.05) is 36.4 Å². The van der Waals surface area contributed by atoms with Crippen LogP contribution in [-0.2, 0) is 31.7 Å². The fraction of sp³-hybridized carbons (Fsp3) is 0.294. The fourth-order valence-electron chi connectivity index (χ4n) is 5.52. The topological polar surface area (TPSA) is 115 Å². The molecular weight excluding hydrogens is 564 g/mol. The largest absolute Gasteiger partial charge is 0.497 e. The zero-order valence-corrected chi connectivity index (χ0v) is 25.0. The quantitative estimate of drug-likeness (QED) is 0.212. The molecule has 1 aliphatic rings. The Balaban J connectivity index is 1.36. The number of nitrogens with one attached hydrogen (secondary N) is 1. The van der Waals surface area contributed by atoms with Gasteiger partial charge >= 0.3 is 5.97 Å². The molecule has 43 heavy (non-hydrogen) atoms. The van der Waals surface area contributed by atoms with Crippen LogP contribution in [0, 0.1) is 11.3 Å². The predicted molar refractivity (Wildman–Crippen MR) is 164 cm³/mol. The molecule has 0 fully saturated rings. The molecule has 0 aromatic heterocycles. The molecule has 0 saturated heterocycles. The first kappa shape index (κ1) is 30.1. The number of fused-ring (bicyclic) bond motifs is 2. The van der Waals surface area contributed by atoms with Crippen LogP contribution in [0.3, 0.4) is 0 Å². The number of benzene rings is 4. The number of hydrogen-bond acceptors (Lipinski definition) is 7. The van der Waals surface area contributed by atoms with E-state index in [-0.39, 0.29) is 24.8 Å². The maximum atomic E-state index is 13.1. The predicted octanol–water partition coefficient (Wildman–Crippen LogP) is 5.94. The van der Waals surface area contributed by atoms with E-state index in [1.165, 1.54) is 0 Å². The zero-order chi connectivity index (χ0) is 30.4. The fourth-order valence-corrected chi connectivity index (χ4v) is 6.70. The number of nitrogens with zero attached hydrogens (tertiary/aromatic N) is 1. The van der Waals surface area contributed by atoms with Crippen LogP contribution in [0.4, 0.5) is 0 Å². The van der Waals surface area contributed by atoms with Crippen LogP contribution in [0.2, 0.25) is 0 Å². The molecule has 2 atom stereocenters. The minimum atomic E-state index is -3.58. The van der Waals surface area contributed by atoms with E-state index < -0.39 is 22.1 Å². The number of esters is 1. The first-order valence-corrected chi connectivity index (χ1v) is 15.9. The van der Waals surface area contributed by atoms with Crippen molar-refractivity contribution in [2.75, 3.05) is 20.3 Å². The van der Waals surface area contributed by atoms with Gasteiger partial charge in [-0.05, 0) is 102 Å². The Morgan fingerprint density at radius 1 is 1.02 bits per heavy atom. The molecule has 9 heteroatoms. The van der Waals surface area contributed by atoms with Crippen molar-refractivity contribution in [3.63, 3.8) is 0 Å². The van der Waals surface area contributed by atoms with Crippen molar-refractivity contribution in [1.82, 2.24) is 4.72 Å². The SMILES string of the molecule is CCOC(=O)C(Oc1ccc2c(c1)C(CNS(=O)(=O)Cc1cccc(OC)c1)CCC2)c1ccc2cc(C#N)ccc2c1. The number of rotatable bonds is 11. The lowest BCUT2D eigenvalue weighted by Crippen LogP contribution is -2.31. The molecule has 0 heterocycles. The van der Waals surface area contributed by atoms with Gasteiger partial charge < -0.3 is 14.2 Å². The highest BCUT2D eigenvalue weighted by Crippen LogP contribution is 2.36. The molecule has 222 valence electrons. The number of carbonyl (C=O) groups is 1. The minimum Gasteiger partial charge on any atom is -0.497 e. The molecule has 0 amide bonds. The molecule has 0 saturated carbocycles. The number of ether oxygens (including phenoxy) is 3. The molecular formula is C34H34N2O6S. The summed E-state index contributed by atoms with van der Waals surface area (Å²) in [5.41, 5.74) is 4.00. The van der Waals surface area contributed by atoms with Gasteiger partial charge in [-0.2, -0.15) is 5.26 Å². The van der Waals surface area contributed by atoms with Crippen LogP contribution < -0.4 is 14.2 Å². The summed E-state index contributed by atoms with van der Waals surface area (Å²) in [7, 11) is -2.03. The van der Waals surface area contributed by atoms with Crippen molar-refractivity contribution in [2.24, 2.45) is 0 Å². The number of carbonyl (C=O) groups excluding carboxylic acids is 1. The Bertz CT molecular complexity index is 1780. The highest BCUT2D eigenvalue weighted by atomic mass is 32.2. The molecule has 0 radical (unpaired) electrons. The van der Waals surface area contributed by atoms with E-state index in [1.807, 2.05) is 42.5 Å². The van der Waals surface area contributed by atoms with Crippen LogP contribution in [0.1, 0.15) is 59.6 Å². The molecule has 8 nitrogen and oxygen atoms in total. The molecule has 1 aliphatic carbocycles. The summed E-state index contributed by atoms with van der Waals surface area (Å²) < 4.78 is 45.6. The Morgan fingerprint density at radius 3 is 2.63 bits per heavy atom. The van der Waals surface area contributed by atoms with Gasteiger partial charge in [0.1, 0.15) is 11.5 Å². The lowest BCUT2D eigenvalue weighted by molar-refractivity contribution is -0.151. The molecule has 4 aromatic rings. The van der Waals surface area contributed by atoms with Crippen molar-refractivity contribution < 1.29 is 27.4 Å². The third-order valence-electron chi connectivity index (χ3n) is 7.65. The second-order valence-electron chi connectivity index (χ2n) is 10.6. The van der Waals surface area contributed by atoms with Crippen LogP contribution in [0.25, 0.3) is 10.8 Å². The summed E-state index contributed by atoms with van der Waals surface area (Å²) in [6, 6.07) is 25.9. The van der Waals surface area contributed by atoms with Gasteiger partial charge in [0.25, 0.3) is 0 Å². The lowest BCUT2D eigenvalue weighted by atomic mass is 9.83. The number of aryl methyl sites for hydroxylation is 1. The van der Waals surface area contributed by atoms with Crippen molar-refractivity contribution in [3.05, 3.63) is 107 Å². The molecule has 2 unspecified atom stereocenters. The van der Waals surface area contributed by atoms with Crippen LogP contribution in [0.15, 0.2) is 78.9 Å². The van der Waals surface area contributed by atoms with Crippen molar-refractivity contribution in [1.29, 1.82) is 5.26 Å². The van der Waals surface area contributed by atoms with Crippen LogP contribution in [-0.4, -0.2) is 34.6 Å². The van der Waals surface area contributed by atoms with Gasteiger partial charge in [0.05, 0.1) is 31.1 Å². The maximum absolute atomic E-state index is 13.1. The first-order chi connectivity index (χ1) is 20.8. The van der Waals surface area contributed by atoms with Gasteiger partial charge in [-0.3, -0.25) is 0 Å². The third kappa shape index (κ3) is 7.34. The van der Waals surface area contributed by atoms with E-state index in [9.17, 15) is 18.5 Å². The Morgan fingerprint density at radius 2 is 1.84 bits per heavy atom. The van der Waals surface area contributed by atoms with Crippen molar-refractivity contribution >= 4 is 26.8 Å². The van der Waals surface area contributed by atoms with Gasteiger partial charge in [0.15, 0.2) is 0 Å². The summed E-state index contributed by atoms with van der Waals surface area (Å²) in [6.45, 7) is 2.22. The van der Waals surface area contributed by atoms with Crippen molar-refractivity contribution in [3.8, 4) is 17.6 Å². The number of methoxy groups -OCH3 is 1. The number of sulfonamides is 1. The zero-order valence-electron chi connectivity index (χ0n) is 24.2.